The predicted octanol–water partition coefficient (Wildman–Crippen LogP) is 1.16. The van der Waals surface area contributed by atoms with Crippen LogP contribution in [0.15, 0.2) is 18.2 Å². The molecule has 0 N–H and O–H groups in total. The van der Waals surface area contributed by atoms with Crippen LogP contribution in [0, 0.1) is 6.07 Å². The van der Waals surface area contributed by atoms with E-state index >= 15 is 0 Å². The minimum Gasteiger partial charge on any atom is -0.495 e. The average molecular weight is 233 g/mol. The second-order valence-corrected chi connectivity index (χ2v) is 4.09. The minimum atomic E-state index is 0.149. The molecule has 1 aromatic rings. The molecule has 0 spiro atoms. The molecule has 1 aromatic carbocycles. The van der Waals surface area contributed by atoms with E-state index in [0.717, 1.165) is 37.6 Å². The molecule has 4 heteroatoms. The Morgan fingerprint density at radius 3 is 2.65 bits per heavy atom. The predicted molar refractivity (Wildman–Crippen MR) is 66.3 cm³/mol. The van der Waals surface area contributed by atoms with Crippen LogP contribution in [0.2, 0.25) is 0 Å². The van der Waals surface area contributed by atoms with Crippen molar-refractivity contribution in [3.63, 3.8) is 0 Å². The zero-order valence-corrected chi connectivity index (χ0v) is 10.3. The second kappa shape index (κ2) is 5.08. The van der Waals surface area contributed by atoms with Gasteiger partial charge < -0.3 is 14.5 Å². The quantitative estimate of drug-likeness (QED) is 0.768. The summed E-state index contributed by atoms with van der Waals surface area (Å²) in [4.78, 5) is 15.3. The fraction of sp³-hybridized carbons (Fsp3) is 0.462. The van der Waals surface area contributed by atoms with Crippen LogP contribution >= 0.6 is 0 Å². The molecule has 1 fully saturated rings. The summed E-state index contributed by atoms with van der Waals surface area (Å²) >= 11 is 0. The standard InChI is InChI=1S/C13H17N2O2/c1-11(16)14-7-9-15(10-8-14)12-5-3-4-6-13(12)17-2/h4-6H,7-10H2,1-2H3. The summed E-state index contributed by atoms with van der Waals surface area (Å²) in [7, 11) is 1.67. The number of ether oxygens (including phenoxy) is 1. The number of nitrogens with zero attached hydrogens (tertiary/aromatic N) is 2. The molecule has 91 valence electrons. The number of piperazine rings is 1. The number of hydrogen-bond acceptors (Lipinski definition) is 3. The van der Waals surface area contributed by atoms with Gasteiger partial charge in [-0.1, -0.05) is 6.07 Å². The van der Waals surface area contributed by atoms with Gasteiger partial charge in [0, 0.05) is 33.1 Å². The summed E-state index contributed by atoms with van der Waals surface area (Å²) in [5, 5.41) is 0. The number of carbonyl (C=O) groups is 1. The van der Waals surface area contributed by atoms with Gasteiger partial charge in [0.25, 0.3) is 0 Å². The van der Waals surface area contributed by atoms with Crippen LogP contribution in [-0.4, -0.2) is 44.1 Å². The van der Waals surface area contributed by atoms with Gasteiger partial charge >= 0.3 is 0 Å². The Bertz CT molecular complexity index is 398. The zero-order valence-electron chi connectivity index (χ0n) is 10.3. The lowest BCUT2D eigenvalue weighted by Gasteiger charge is -2.36. The summed E-state index contributed by atoms with van der Waals surface area (Å²) in [6, 6.07) is 8.75. The lowest BCUT2D eigenvalue weighted by Crippen LogP contribution is -2.48. The van der Waals surface area contributed by atoms with Crippen LogP contribution in [0.1, 0.15) is 6.92 Å². The van der Waals surface area contributed by atoms with Gasteiger partial charge in [0.05, 0.1) is 12.8 Å². The minimum absolute atomic E-state index is 0.149. The maximum Gasteiger partial charge on any atom is 0.219 e. The Hall–Kier alpha value is -1.71. The highest BCUT2D eigenvalue weighted by Crippen LogP contribution is 2.27. The zero-order chi connectivity index (χ0) is 12.3. The van der Waals surface area contributed by atoms with Crippen molar-refractivity contribution in [2.75, 3.05) is 38.2 Å². The highest BCUT2D eigenvalue weighted by molar-refractivity contribution is 5.73. The molecule has 1 aliphatic heterocycles. The first-order valence-electron chi connectivity index (χ1n) is 5.77. The van der Waals surface area contributed by atoms with E-state index in [1.165, 1.54) is 0 Å². The van der Waals surface area contributed by atoms with Crippen LogP contribution in [0.5, 0.6) is 5.75 Å². The van der Waals surface area contributed by atoms with Crippen molar-refractivity contribution in [2.24, 2.45) is 0 Å². The maximum atomic E-state index is 11.2. The van der Waals surface area contributed by atoms with Gasteiger partial charge in [-0.15, -0.1) is 0 Å². The van der Waals surface area contributed by atoms with Crippen LogP contribution in [0.4, 0.5) is 5.69 Å². The van der Waals surface area contributed by atoms with Crippen molar-refractivity contribution in [3.8, 4) is 5.75 Å². The van der Waals surface area contributed by atoms with E-state index in [4.69, 9.17) is 4.74 Å². The van der Waals surface area contributed by atoms with Crippen LogP contribution < -0.4 is 9.64 Å². The van der Waals surface area contributed by atoms with E-state index in [0.29, 0.717) is 0 Å². The van der Waals surface area contributed by atoms with Crippen molar-refractivity contribution >= 4 is 11.6 Å². The van der Waals surface area contributed by atoms with E-state index in [1.807, 2.05) is 23.1 Å². The maximum absolute atomic E-state index is 11.2. The highest BCUT2D eigenvalue weighted by atomic mass is 16.5. The van der Waals surface area contributed by atoms with Gasteiger partial charge in [0.2, 0.25) is 5.91 Å². The van der Waals surface area contributed by atoms with Gasteiger partial charge in [0.1, 0.15) is 5.75 Å². The first-order valence-corrected chi connectivity index (χ1v) is 5.77. The third-order valence-corrected chi connectivity index (χ3v) is 3.09. The lowest BCUT2D eigenvalue weighted by atomic mass is 10.2. The van der Waals surface area contributed by atoms with Crippen LogP contribution in [-0.2, 0) is 4.79 Å². The third-order valence-electron chi connectivity index (χ3n) is 3.09. The summed E-state index contributed by atoms with van der Waals surface area (Å²) in [6.45, 7) is 4.84. The molecule has 1 aliphatic rings. The SMILES string of the molecule is COc1cc[c]cc1N1CCN(C(C)=O)CC1. The Morgan fingerprint density at radius 1 is 1.35 bits per heavy atom. The number of benzene rings is 1. The molecule has 0 bridgehead atoms. The van der Waals surface area contributed by atoms with Crippen molar-refractivity contribution < 1.29 is 9.53 Å². The molecule has 0 aromatic heterocycles. The fourth-order valence-corrected chi connectivity index (χ4v) is 2.09. The molecule has 4 nitrogen and oxygen atoms in total. The number of rotatable bonds is 2. The molecule has 17 heavy (non-hydrogen) atoms. The van der Waals surface area contributed by atoms with Crippen LogP contribution in [0.3, 0.4) is 0 Å². The topological polar surface area (TPSA) is 32.8 Å². The Kier molecular flexibility index (Phi) is 3.52. The molecule has 1 heterocycles. The van der Waals surface area contributed by atoms with E-state index in [-0.39, 0.29) is 5.91 Å². The van der Waals surface area contributed by atoms with Crippen molar-refractivity contribution in [3.05, 3.63) is 24.3 Å². The smallest absolute Gasteiger partial charge is 0.219 e. The van der Waals surface area contributed by atoms with Gasteiger partial charge in [-0.05, 0) is 18.2 Å². The molecule has 1 saturated heterocycles. The molecule has 2 rings (SSSR count). The van der Waals surface area contributed by atoms with Crippen molar-refractivity contribution in [1.29, 1.82) is 0 Å². The molecule has 0 atom stereocenters. The van der Waals surface area contributed by atoms with Gasteiger partial charge in [-0.25, -0.2) is 0 Å². The van der Waals surface area contributed by atoms with Crippen molar-refractivity contribution in [1.82, 2.24) is 4.90 Å². The average Bonchev–Trinajstić information content (AvgIpc) is 2.39. The van der Waals surface area contributed by atoms with E-state index in [2.05, 4.69) is 11.0 Å². The van der Waals surface area contributed by atoms with Crippen molar-refractivity contribution in [2.45, 2.75) is 6.92 Å². The Morgan fingerprint density at radius 2 is 2.06 bits per heavy atom. The number of methoxy groups -OCH3 is 1. The molecule has 1 radical (unpaired) electrons. The largest absolute Gasteiger partial charge is 0.495 e. The highest BCUT2D eigenvalue weighted by Gasteiger charge is 2.20. The normalized spacial score (nSPS) is 15.9. The molecule has 0 unspecified atom stereocenters. The molecule has 1 amide bonds. The first kappa shape index (κ1) is 11.8. The van der Waals surface area contributed by atoms with E-state index < -0.39 is 0 Å². The molecule has 0 saturated carbocycles. The third kappa shape index (κ3) is 2.52. The van der Waals surface area contributed by atoms with Gasteiger partial charge in [-0.2, -0.15) is 0 Å². The summed E-state index contributed by atoms with van der Waals surface area (Å²) < 4.78 is 5.33. The monoisotopic (exact) mass is 233 g/mol. The second-order valence-electron chi connectivity index (χ2n) is 4.09. The number of anilines is 1. The Labute approximate surface area is 102 Å². The van der Waals surface area contributed by atoms with Gasteiger partial charge in [-0.3, -0.25) is 4.79 Å². The molecular weight excluding hydrogens is 216 g/mol. The number of amides is 1. The fourth-order valence-electron chi connectivity index (χ4n) is 2.09. The van der Waals surface area contributed by atoms with E-state index in [9.17, 15) is 4.79 Å². The summed E-state index contributed by atoms with van der Waals surface area (Å²) in [5.74, 6) is 1.01. The Balaban J connectivity index is 2.07. The van der Waals surface area contributed by atoms with Gasteiger partial charge in [0.15, 0.2) is 0 Å². The van der Waals surface area contributed by atoms with E-state index in [1.54, 1.807) is 14.0 Å². The first-order chi connectivity index (χ1) is 8.22. The molecular formula is C13H17N2O2. The lowest BCUT2D eigenvalue weighted by molar-refractivity contribution is -0.129. The number of hydrogen-bond donors (Lipinski definition) is 0. The van der Waals surface area contributed by atoms with Crippen LogP contribution in [0.25, 0.3) is 0 Å². The summed E-state index contributed by atoms with van der Waals surface area (Å²) in [6.07, 6.45) is 0. The number of carbonyl (C=O) groups excluding carboxylic acids is 1. The summed E-state index contributed by atoms with van der Waals surface area (Å²) in [5.41, 5.74) is 1.05. The molecule has 0 aliphatic carbocycles.